The molecule has 13 heteroatoms. The van der Waals surface area contributed by atoms with Crippen LogP contribution in [0.3, 0.4) is 0 Å². The maximum Gasteiger partial charge on any atom is 0.515 e. The van der Waals surface area contributed by atoms with Crippen LogP contribution in [0.5, 0.6) is 11.5 Å². The quantitative estimate of drug-likeness (QED) is 0.0423. The van der Waals surface area contributed by atoms with Crippen molar-refractivity contribution in [3.63, 3.8) is 0 Å². The lowest BCUT2D eigenvalue weighted by Crippen LogP contribution is -2.41. The third-order valence-electron chi connectivity index (χ3n) is 6.31. The number of carbonyl (C=O) groups excluding carboxylic acids is 1. The van der Waals surface area contributed by atoms with Gasteiger partial charge in [0.15, 0.2) is 42.9 Å². The summed E-state index contributed by atoms with van der Waals surface area (Å²) in [5.41, 5.74) is -2.22. The van der Waals surface area contributed by atoms with Crippen LogP contribution in [0.4, 0.5) is 34.9 Å². The van der Waals surface area contributed by atoms with Crippen molar-refractivity contribution in [2.45, 2.75) is 9.79 Å². The van der Waals surface area contributed by atoms with Crippen molar-refractivity contribution >= 4 is 28.2 Å². The summed E-state index contributed by atoms with van der Waals surface area (Å²) in [5.74, 6) is -12.4. The predicted octanol–water partition coefficient (Wildman–Crippen LogP) is 8.72. The van der Waals surface area contributed by atoms with Crippen LogP contribution in [-0.4, -0.2) is 18.5 Å². The van der Waals surface area contributed by atoms with Gasteiger partial charge < -0.3 is 17.7 Å². The maximum atomic E-state index is 14.0. The number of rotatable bonds is 8. The third kappa shape index (κ3) is 7.66. The highest BCUT2D eigenvalue weighted by molar-refractivity contribution is 8.03. The maximum absolute atomic E-state index is 14.0. The topological polar surface area (TPSA) is 43.4 Å². The zero-order chi connectivity index (χ0) is 32.8. The van der Waals surface area contributed by atoms with Gasteiger partial charge in [0.2, 0.25) is 5.78 Å². The standard InChI is InChI=1S/C26H21O3S.C6BF8/c27-26(21-16-18-23(19-17-21)29-22-10-4-1-5-11-22)20-30(28,24-12-6-2-7-13-24)25-14-8-3-9-15-25;8-2-1(7(13,14)15)3(9)5(11)6(12)4(2)10/h1-19H,20H2;/q+1;-1. The second-order valence-electron chi connectivity index (χ2n) is 9.37. The van der Waals surface area contributed by atoms with Gasteiger partial charge in [-0.05, 0) is 66.1 Å². The van der Waals surface area contributed by atoms with Crippen LogP contribution in [0.2, 0.25) is 0 Å². The number of ether oxygens (including phenoxy) is 1. The van der Waals surface area contributed by atoms with E-state index >= 15 is 0 Å². The molecule has 0 heterocycles. The summed E-state index contributed by atoms with van der Waals surface area (Å²) in [6.45, 7) is -6.30. The SMILES string of the molecule is Fc1c(F)c(F)c([B-](F)(F)F)c(F)c1F.O=C(C[S+](=O)(c1ccccc1)c1ccccc1)c1ccc(Oc2ccccc2)cc1. The van der Waals surface area contributed by atoms with Crippen LogP contribution in [0, 0.1) is 29.1 Å². The summed E-state index contributed by atoms with van der Waals surface area (Å²) in [5, 5.41) is 0. The Morgan fingerprint density at radius 2 is 0.933 bits per heavy atom. The van der Waals surface area contributed by atoms with Gasteiger partial charge in [-0.2, -0.15) is 0 Å². The zero-order valence-corrected chi connectivity index (χ0v) is 23.7. The molecule has 0 saturated carbocycles. The fourth-order valence-electron chi connectivity index (χ4n) is 4.09. The molecule has 0 aliphatic heterocycles. The monoisotopic (exact) mass is 648 g/mol. The minimum Gasteiger partial charge on any atom is -0.457 e. The van der Waals surface area contributed by atoms with Crippen LogP contribution in [0.25, 0.3) is 0 Å². The Labute approximate surface area is 253 Å². The molecule has 0 aromatic heterocycles. The van der Waals surface area contributed by atoms with E-state index in [1.807, 2.05) is 91.0 Å². The zero-order valence-electron chi connectivity index (χ0n) is 22.9. The molecular formula is C32H21BF8O3S. The molecule has 0 saturated heterocycles. The minimum absolute atomic E-state index is 0.0834. The van der Waals surface area contributed by atoms with Crippen molar-refractivity contribution in [2.24, 2.45) is 0 Å². The van der Waals surface area contributed by atoms with Gasteiger partial charge in [0.1, 0.15) is 23.1 Å². The van der Waals surface area contributed by atoms with Gasteiger partial charge in [0.05, 0.1) is 0 Å². The molecule has 232 valence electrons. The Bertz CT molecular complexity index is 1750. The van der Waals surface area contributed by atoms with E-state index < -0.39 is 51.5 Å². The molecule has 0 atom stereocenters. The number of benzene rings is 5. The number of ketones is 1. The molecule has 45 heavy (non-hydrogen) atoms. The summed E-state index contributed by atoms with van der Waals surface area (Å²) in [6.07, 6.45) is 0. The molecule has 5 aromatic carbocycles. The molecule has 0 bridgehead atoms. The van der Waals surface area contributed by atoms with Gasteiger partial charge in [0, 0.05) is 5.56 Å². The number of hydrogen-bond acceptors (Lipinski definition) is 3. The lowest BCUT2D eigenvalue weighted by Gasteiger charge is -2.17. The molecule has 0 aliphatic carbocycles. The molecule has 3 nitrogen and oxygen atoms in total. The Kier molecular flexibility index (Phi) is 10.2. The van der Waals surface area contributed by atoms with Crippen molar-refractivity contribution in [3.8, 4) is 11.5 Å². The van der Waals surface area contributed by atoms with E-state index in [1.165, 1.54) is 0 Å². The lowest BCUT2D eigenvalue weighted by molar-refractivity contribution is 0.102. The molecule has 0 unspecified atom stereocenters. The predicted molar refractivity (Wildman–Crippen MR) is 155 cm³/mol. The molecule has 5 aromatic rings. The summed E-state index contributed by atoms with van der Waals surface area (Å²) in [4.78, 5) is 14.4. The molecular weight excluding hydrogens is 627 g/mol. The molecule has 0 fully saturated rings. The number of para-hydroxylation sites is 1. The van der Waals surface area contributed by atoms with Crippen LogP contribution >= 0.6 is 0 Å². The van der Waals surface area contributed by atoms with Crippen LogP contribution in [-0.2, 0) is 14.1 Å². The van der Waals surface area contributed by atoms with Crippen LogP contribution < -0.4 is 10.2 Å². The first-order chi connectivity index (χ1) is 21.3. The lowest BCUT2D eigenvalue weighted by atomic mass is 9.79. The van der Waals surface area contributed by atoms with Gasteiger partial charge in [-0.1, -0.05) is 58.8 Å². The van der Waals surface area contributed by atoms with Gasteiger partial charge >= 0.3 is 6.98 Å². The van der Waals surface area contributed by atoms with E-state index in [2.05, 4.69) is 0 Å². The number of hydrogen-bond donors (Lipinski definition) is 0. The summed E-state index contributed by atoms with van der Waals surface area (Å²) >= 11 is 0. The van der Waals surface area contributed by atoms with Crippen LogP contribution in [0.15, 0.2) is 125 Å². The van der Waals surface area contributed by atoms with E-state index in [1.54, 1.807) is 24.3 Å². The molecule has 0 aliphatic rings. The van der Waals surface area contributed by atoms with Crippen molar-refractivity contribution in [2.75, 3.05) is 5.75 Å². The summed E-state index contributed by atoms with van der Waals surface area (Å²) in [7, 11) is -2.73. The van der Waals surface area contributed by atoms with Gasteiger partial charge in [-0.3, -0.25) is 4.79 Å². The first-order valence-electron chi connectivity index (χ1n) is 13.0. The first kappa shape index (κ1) is 33.1. The van der Waals surface area contributed by atoms with Crippen molar-refractivity contribution in [1.82, 2.24) is 0 Å². The molecule has 0 amide bonds. The van der Waals surface area contributed by atoms with E-state index in [9.17, 15) is 43.9 Å². The number of halogens is 8. The summed E-state index contributed by atoms with van der Waals surface area (Å²) < 4.78 is 117. The number of Topliss-reactive ketones (excluding diaryl/α,β-unsaturated/α-hetero) is 1. The molecule has 0 spiro atoms. The minimum atomic E-state index is -6.30. The Morgan fingerprint density at radius 3 is 1.36 bits per heavy atom. The Hall–Kier alpha value is -4.78. The fourth-order valence-corrected chi connectivity index (χ4v) is 6.43. The highest BCUT2D eigenvalue weighted by Crippen LogP contribution is 2.30. The number of carbonyl (C=O) groups is 1. The van der Waals surface area contributed by atoms with Crippen LogP contribution in [0.1, 0.15) is 10.4 Å². The van der Waals surface area contributed by atoms with E-state index in [4.69, 9.17) is 4.74 Å². The van der Waals surface area contributed by atoms with E-state index in [0.29, 0.717) is 21.1 Å². The van der Waals surface area contributed by atoms with Gasteiger partial charge in [0.25, 0.3) is 0 Å². The highest BCUT2D eigenvalue weighted by Gasteiger charge is 2.38. The molecule has 5 rings (SSSR count). The van der Waals surface area contributed by atoms with Crippen molar-refractivity contribution < 1.29 is 48.6 Å². The van der Waals surface area contributed by atoms with E-state index in [0.717, 1.165) is 5.75 Å². The Morgan fingerprint density at radius 1 is 0.556 bits per heavy atom. The highest BCUT2D eigenvalue weighted by atomic mass is 32.2. The molecule has 0 N–H and O–H groups in total. The summed E-state index contributed by atoms with van der Waals surface area (Å²) in [6, 6.07) is 34.8. The fraction of sp³-hybridized carbons (Fsp3) is 0.0312. The third-order valence-corrected chi connectivity index (χ3v) is 9.04. The second kappa shape index (κ2) is 13.9. The van der Waals surface area contributed by atoms with E-state index in [-0.39, 0.29) is 11.5 Å². The Balaban J connectivity index is 0.000000259. The average molecular weight is 648 g/mol. The van der Waals surface area contributed by atoms with Gasteiger partial charge in [-0.25, -0.2) is 22.0 Å². The second-order valence-corrected chi connectivity index (χ2v) is 11.9. The van der Waals surface area contributed by atoms with Crippen molar-refractivity contribution in [3.05, 3.63) is 150 Å². The molecule has 0 radical (unpaired) electrons. The first-order valence-corrected chi connectivity index (χ1v) is 14.7. The van der Waals surface area contributed by atoms with Crippen molar-refractivity contribution in [1.29, 1.82) is 0 Å². The smallest absolute Gasteiger partial charge is 0.457 e. The van der Waals surface area contributed by atoms with Gasteiger partial charge in [-0.15, -0.1) is 0 Å². The largest absolute Gasteiger partial charge is 0.515 e. The normalized spacial score (nSPS) is 11.4. The average Bonchev–Trinajstić information content (AvgIpc) is 3.04.